The van der Waals surface area contributed by atoms with E-state index in [0.29, 0.717) is 50.2 Å². The quantitative estimate of drug-likeness (QED) is 0.188. The van der Waals surface area contributed by atoms with E-state index in [9.17, 15) is 24.0 Å². The number of nitrogens with one attached hydrogen (secondary N) is 3. The minimum Gasteiger partial charge on any atom is -0.464 e. The standard InChI is InChI=1S/C21H34N4O5.C16H26N4O3/c1-15-14-23-18(19(27)24(15)12-13-29-16(2)26)22-10-9-17-8-6-7-11-25(17)20(28)30-21(3,4)5;1-12-11-19-15(16(22)20(12)9-10-23-13(2)21)18-8-6-14-5-3-4-7-17-14/h14,17H,6-13H2,1-5H3,(H,22,23);11,14,17H,3-10H2,1-2H3,(H,18,19). The summed E-state index contributed by atoms with van der Waals surface area (Å²) in [6.07, 6.45) is 11.3. The van der Waals surface area contributed by atoms with Gasteiger partial charge in [-0.3, -0.25) is 19.2 Å². The van der Waals surface area contributed by atoms with Gasteiger partial charge in [0.25, 0.3) is 11.1 Å². The summed E-state index contributed by atoms with van der Waals surface area (Å²) in [5, 5.41) is 9.73. The van der Waals surface area contributed by atoms with Crippen molar-refractivity contribution >= 4 is 29.7 Å². The number of hydrogen-bond acceptors (Lipinski definition) is 13. The van der Waals surface area contributed by atoms with E-state index < -0.39 is 5.60 Å². The van der Waals surface area contributed by atoms with Gasteiger partial charge in [-0.15, -0.1) is 0 Å². The molecule has 2 aromatic rings. The van der Waals surface area contributed by atoms with Crippen LogP contribution in [0.5, 0.6) is 0 Å². The summed E-state index contributed by atoms with van der Waals surface area (Å²) in [5.74, 6) is -0.115. The molecule has 2 aliphatic rings. The number of anilines is 2. The number of likely N-dealkylation sites (tertiary alicyclic amines) is 1. The van der Waals surface area contributed by atoms with Crippen LogP contribution in [0.3, 0.4) is 0 Å². The number of carbonyl (C=O) groups excluding carboxylic acids is 3. The third-order valence-electron chi connectivity index (χ3n) is 8.97. The van der Waals surface area contributed by atoms with Crippen molar-refractivity contribution in [3.8, 4) is 0 Å². The van der Waals surface area contributed by atoms with E-state index >= 15 is 0 Å². The van der Waals surface area contributed by atoms with Crippen molar-refractivity contribution in [3.05, 3.63) is 44.5 Å². The first-order chi connectivity index (χ1) is 25.2. The van der Waals surface area contributed by atoms with Crippen molar-refractivity contribution < 1.29 is 28.6 Å². The normalized spacial score (nSPS) is 17.2. The lowest BCUT2D eigenvalue weighted by atomic mass is 10.00. The summed E-state index contributed by atoms with van der Waals surface area (Å²) in [4.78, 5) is 69.6. The number of aryl methyl sites for hydroxylation is 2. The zero-order valence-corrected chi connectivity index (χ0v) is 32.6. The first-order valence-electron chi connectivity index (χ1n) is 18.8. The number of esters is 2. The Morgan fingerprint density at radius 3 is 1.83 bits per heavy atom. The number of nitrogens with zero attached hydrogens (tertiary/aromatic N) is 5. The van der Waals surface area contributed by atoms with E-state index in [1.54, 1.807) is 28.8 Å². The Kier molecular flexibility index (Phi) is 17.2. The molecular weight excluding hydrogens is 684 g/mol. The molecule has 2 aliphatic heterocycles. The van der Waals surface area contributed by atoms with Gasteiger partial charge >= 0.3 is 18.0 Å². The Morgan fingerprint density at radius 2 is 1.34 bits per heavy atom. The van der Waals surface area contributed by atoms with Gasteiger partial charge in [0, 0.05) is 69.3 Å². The van der Waals surface area contributed by atoms with Crippen LogP contribution in [-0.4, -0.2) is 99.1 Å². The monoisotopic (exact) mass is 744 g/mol. The Balaban J connectivity index is 0.000000295. The zero-order valence-electron chi connectivity index (χ0n) is 32.6. The molecule has 0 spiro atoms. The number of piperidine rings is 2. The van der Waals surface area contributed by atoms with E-state index in [2.05, 4.69) is 25.9 Å². The minimum absolute atomic E-state index is 0.0674. The van der Waals surface area contributed by atoms with Crippen LogP contribution in [0.2, 0.25) is 0 Å². The Labute approximate surface area is 312 Å². The summed E-state index contributed by atoms with van der Waals surface area (Å²) < 4.78 is 18.5. The van der Waals surface area contributed by atoms with Crippen molar-refractivity contribution in [2.75, 3.05) is 50.0 Å². The summed E-state index contributed by atoms with van der Waals surface area (Å²) in [6, 6.07) is 0.589. The molecule has 2 aromatic heterocycles. The molecule has 53 heavy (non-hydrogen) atoms. The average molecular weight is 745 g/mol. The van der Waals surface area contributed by atoms with Gasteiger partial charge in [0.2, 0.25) is 0 Å². The Hall–Kier alpha value is -4.47. The summed E-state index contributed by atoms with van der Waals surface area (Å²) in [5.41, 5.74) is 0.492. The molecule has 16 heteroatoms. The maximum absolute atomic E-state index is 12.7. The molecule has 0 bridgehead atoms. The molecule has 2 unspecified atom stereocenters. The molecule has 2 saturated heterocycles. The SMILES string of the molecule is CC(=O)OCCn1c(C)cnc(NCCC2CCCCN2)c1=O.CC(=O)OCCn1c(C)cnc(NCCC2CCCCN2C(=O)OC(C)(C)C)c1=O. The molecule has 0 radical (unpaired) electrons. The average Bonchev–Trinajstić information content (AvgIpc) is 3.09. The lowest BCUT2D eigenvalue weighted by Crippen LogP contribution is -2.46. The van der Waals surface area contributed by atoms with Gasteiger partial charge in [-0.25, -0.2) is 14.8 Å². The maximum atomic E-state index is 12.7. The van der Waals surface area contributed by atoms with Crippen LogP contribution in [-0.2, 0) is 36.9 Å². The van der Waals surface area contributed by atoms with Gasteiger partial charge < -0.3 is 44.2 Å². The molecule has 296 valence electrons. The first-order valence-corrected chi connectivity index (χ1v) is 18.8. The number of amides is 1. The smallest absolute Gasteiger partial charge is 0.410 e. The predicted molar refractivity (Wildman–Crippen MR) is 202 cm³/mol. The van der Waals surface area contributed by atoms with Crippen LogP contribution in [0.1, 0.15) is 97.4 Å². The van der Waals surface area contributed by atoms with E-state index in [0.717, 1.165) is 37.9 Å². The molecule has 1 amide bonds. The molecule has 3 N–H and O–H groups in total. The Bertz CT molecular complexity index is 1610. The largest absolute Gasteiger partial charge is 0.464 e. The highest BCUT2D eigenvalue weighted by Crippen LogP contribution is 2.22. The molecule has 16 nitrogen and oxygen atoms in total. The van der Waals surface area contributed by atoms with Gasteiger partial charge in [0.05, 0.1) is 13.1 Å². The third-order valence-corrected chi connectivity index (χ3v) is 8.97. The van der Waals surface area contributed by atoms with Crippen LogP contribution in [0, 0.1) is 13.8 Å². The van der Waals surface area contributed by atoms with Crippen LogP contribution in [0.25, 0.3) is 0 Å². The van der Waals surface area contributed by atoms with E-state index in [4.69, 9.17) is 14.2 Å². The van der Waals surface area contributed by atoms with Gasteiger partial charge in [-0.05, 0) is 86.1 Å². The lowest BCUT2D eigenvalue weighted by molar-refractivity contribution is -0.142. The maximum Gasteiger partial charge on any atom is 0.410 e. The summed E-state index contributed by atoms with van der Waals surface area (Å²) in [7, 11) is 0. The molecule has 0 aliphatic carbocycles. The van der Waals surface area contributed by atoms with Gasteiger partial charge in [-0.1, -0.05) is 6.42 Å². The number of aromatic nitrogens is 4. The topological polar surface area (TPSA) is 188 Å². The highest BCUT2D eigenvalue weighted by atomic mass is 16.6. The van der Waals surface area contributed by atoms with Crippen molar-refractivity contribution in [1.82, 2.24) is 29.3 Å². The number of rotatable bonds is 14. The van der Waals surface area contributed by atoms with Crippen molar-refractivity contribution in [2.24, 2.45) is 0 Å². The second-order valence-corrected chi connectivity index (χ2v) is 14.5. The van der Waals surface area contributed by atoms with Gasteiger partial charge in [-0.2, -0.15) is 0 Å². The van der Waals surface area contributed by atoms with Crippen LogP contribution in [0.15, 0.2) is 22.0 Å². The fourth-order valence-electron chi connectivity index (χ4n) is 6.26. The highest BCUT2D eigenvalue weighted by Gasteiger charge is 2.30. The summed E-state index contributed by atoms with van der Waals surface area (Å²) >= 11 is 0. The minimum atomic E-state index is -0.527. The van der Waals surface area contributed by atoms with Crippen LogP contribution in [0.4, 0.5) is 16.4 Å². The number of ether oxygens (including phenoxy) is 3. The molecular formula is C37H60N8O8. The van der Waals surface area contributed by atoms with Gasteiger partial charge in [0.1, 0.15) is 18.8 Å². The zero-order chi connectivity index (χ0) is 39.0. The van der Waals surface area contributed by atoms with Gasteiger partial charge in [0.15, 0.2) is 11.6 Å². The first kappa shape index (κ1) is 42.9. The Morgan fingerprint density at radius 1 is 0.811 bits per heavy atom. The second kappa shape index (κ2) is 21.3. The van der Waals surface area contributed by atoms with Crippen LogP contribution < -0.4 is 27.1 Å². The molecule has 0 saturated carbocycles. The van der Waals surface area contributed by atoms with E-state index in [1.165, 1.54) is 37.7 Å². The molecule has 2 atom stereocenters. The van der Waals surface area contributed by atoms with Crippen LogP contribution >= 0.6 is 0 Å². The third kappa shape index (κ3) is 14.8. The highest BCUT2D eigenvalue weighted by molar-refractivity contribution is 5.68. The molecule has 0 aromatic carbocycles. The molecule has 2 fully saturated rings. The summed E-state index contributed by atoms with van der Waals surface area (Å²) in [6.45, 7) is 15.8. The van der Waals surface area contributed by atoms with E-state index in [1.807, 2.05) is 27.7 Å². The van der Waals surface area contributed by atoms with Crippen molar-refractivity contribution in [2.45, 2.75) is 131 Å². The molecule has 4 rings (SSSR count). The van der Waals surface area contributed by atoms with Crippen molar-refractivity contribution in [3.63, 3.8) is 0 Å². The molecule has 4 heterocycles. The number of carbonyl (C=O) groups is 3. The second-order valence-electron chi connectivity index (χ2n) is 14.5. The number of hydrogen-bond donors (Lipinski definition) is 3. The lowest BCUT2D eigenvalue weighted by Gasteiger charge is -2.36. The van der Waals surface area contributed by atoms with Crippen molar-refractivity contribution in [1.29, 1.82) is 0 Å². The predicted octanol–water partition coefficient (Wildman–Crippen LogP) is 3.77. The fourth-order valence-corrected chi connectivity index (χ4v) is 6.26. The fraction of sp³-hybridized carbons (Fsp3) is 0.703. The van der Waals surface area contributed by atoms with E-state index in [-0.39, 0.29) is 60.8 Å².